The van der Waals surface area contributed by atoms with Crippen molar-refractivity contribution in [1.29, 1.82) is 0 Å². The van der Waals surface area contributed by atoms with Crippen LogP contribution in [0.2, 0.25) is 10.0 Å². The molecule has 37 heavy (non-hydrogen) atoms. The van der Waals surface area contributed by atoms with E-state index in [0.717, 1.165) is 23.8 Å². The van der Waals surface area contributed by atoms with Crippen LogP contribution in [-0.2, 0) is 26.2 Å². The summed E-state index contributed by atoms with van der Waals surface area (Å²) in [6.07, 6.45) is 2.26. The van der Waals surface area contributed by atoms with Crippen LogP contribution in [0.5, 0.6) is 0 Å². The highest BCUT2D eigenvalue weighted by molar-refractivity contribution is 7.92. The lowest BCUT2D eigenvalue weighted by Gasteiger charge is -2.30. The van der Waals surface area contributed by atoms with Crippen LogP contribution in [0.15, 0.2) is 36.4 Å². The maximum absolute atomic E-state index is 13.4. The van der Waals surface area contributed by atoms with E-state index >= 15 is 0 Å². The lowest BCUT2D eigenvalue weighted by Crippen LogP contribution is -2.49. The van der Waals surface area contributed by atoms with Crippen molar-refractivity contribution in [3.63, 3.8) is 0 Å². The minimum atomic E-state index is -3.57. The number of sulfonamides is 1. The molecule has 7 nitrogen and oxygen atoms in total. The third kappa shape index (κ3) is 8.62. The Kier molecular flexibility index (Phi) is 11.3. The zero-order valence-electron chi connectivity index (χ0n) is 22.3. The van der Waals surface area contributed by atoms with Gasteiger partial charge < -0.3 is 10.2 Å². The average molecular weight is 571 g/mol. The van der Waals surface area contributed by atoms with E-state index in [0.29, 0.717) is 21.3 Å². The van der Waals surface area contributed by atoms with Crippen molar-refractivity contribution < 1.29 is 18.0 Å². The fraction of sp³-hybridized carbons (Fsp3) is 0.481. The number of nitrogens with one attached hydrogen (secondary N) is 1. The van der Waals surface area contributed by atoms with Gasteiger partial charge in [-0.15, -0.1) is 0 Å². The first-order valence-corrected chi connectivity index (χ1v) is 14.9. The van der Waals surface area contributed by atoms with Crippen molar-refractivity contribution in [3.05, 3.63) is 63.1 Å². The maximum atomic E-state index is 13.4. The van der Waals surface area contributed by atoms with Gasteiger partial charge in [-0.25, -0.2) is 8.42 Å². The molecule has 0 heterocycles. The van der Waals surface area contributed by atoms with E-state index in [2.05, 4.69) is 5.32 Å². The molecule has 0 aliphatic carbocycles. The molecule has 2 aromatic rings. The van der Waals surface area contributed by atoms with E-state index in [1.54, 1.807) is 31.2 Å². The normalized spacial score (nSPS) is 13.1. The number of anilines is 1. The summed E-state index contributed by atoms with van der Waals surface area (Å²) in [6.45, 7) is 9.61. The molecule has 0 aliphatic heterocycles. The number of nitrogens with zero attached hydrogens (tertiary/aromatic N) is 2. The van der Waals surface area contributed by atoms with Gasteiger partial charge in [0.2, 0.25) is 21.8 Å². The molecular formula is C27H37Cl2N3O4S. The summed E-state index contributed by atoms with van der Waals surface area (Å²) in [5.41, 5.74) is 3.11. The Morgan fingerprint density at radius 2 is 1.76 bits per heavy atom. The minimum Gasteiger partial charge on any atom is -0.352 e. The second-order valence-electron chi connectivity index (χ2n) is 9.41. The molecule has 1 N–H and O–H groups in total. The first-order valence-electron chi connectivity index (χ1n) is 12.3. The highest BCUT2D eigenvalue weighted by Gasteiger charge is 2.28. The molecule has 204 valence electrons. The number of rotatable bonds is 12. The highest BCUT2D eigenvalue weighted by atomic mass is 35.5. The van der Waals surface area contributed by atoms with Crippen molar-refractivity contribution in [3.8, 4) is 0 Å². The summed E-state index contributed by atoms with van der Waals surface area (Å²) in [4.78, 5) is 27.8. The Hall–Kier alpha value is -2.29. The first kappa shape index (κ1) is 30.9. The summed E-state index contributed by atoms with van der Waals surface area (Å²) in [7, 11) is -3.57. The van der Waals surface area contributed by atoms with E-state index in [9.17, 15) is 18.0 Å². The molecule has 0 radical (unpaired) electrons. The first-order chi connectivity index (χ1) is 17.3. The molecule has 0 spiro atoms. The monoisotopic (exact) mass is 569 g/mol. The number of amides is 2. The van der Waals surface area contributed by atoms with Crippen molar-refractivity contribution in [2.75, 3.05) is 17.1 Å². The van der Waals surface area contributed by atoms with Gasteiger partial charge in [0.1, 0.15) is 6.04 Å². The predicted molar refractivity (Wildman–Crippen MR) is 152 cm³/mol. The molecule has 2 rings (SSSR count). The van der Waals surface area contributed by atoms with Gasteiger partial charge in [-0.05, 0) is 75.4 Å². The Morgan fingerprint density at radius 3 is 2.35 bits per heavy atom. The number of carbonyl (C=O) groups is 2. The van der Waals surface area contributed by atoms with Gasteiger partial charge in [-0.2, -0.15) is 0 Å². The molecule has 0 bridgehead atoms. The smallest absolute Gasteiger partial charge is 0.242 e. The van der Waals surface area contributed by atoms with Gasteiger partial charge in [-0.3, -0.25) is 13.9 Å². The Bertz CT molecular complexity index is 1220. The number of halogens is 2. The minimum absolute atomic E-state index is 0.0353. The number of hydrogen-bond donors (Lipinski definition) is 1. The van der Waals surface area contributed by atoms with Crippen LogP contribution in [0.4, 0.5) is 5.69 Å². The lowest BCUT2D eigenvalue weighted by atomic mass is 10.1. The summed E-state index contributed by atoms with van der Waals surface area (Å²) in [5.74, 6) is -0.534. The molecule has 0 saturated heterocycles. The molecule has 0 unspecified atom stereocenters. The van der Waals surface area contributed by atoms with Crippen molar-refractivity contribution in [2.45, 2.75) is 72.5 Å². The van der Waals surface area contributed by atoms with Gasteiger partial charge in [-0.1, -0.05) is 48.3 Å². The van der Waals surface area contributed by atoms with E-state index < -0.39 is 16.1 Å². The molecule has 0 aliphatic rings. The van der Waals surface area contributed by atoms with Gasteiger partial charge in [0.05, 0.1) is 11.9 Å². The number of hydrogen-bond acceptors (Lipinski definition) is 4. The third-order valence-corrected chi connectivity index (χ3v) is 8.29. The van der Waals surface area contributed by atoms with Gasteiger partial charge in [0.25, 0.3) is 0 Å². The Labute approximate surface area is 231 Å². The molecule has 0 saturated carbocycles. The van der Waals surface area contributed by atoms with Crippen LogP contribution >= 0.6 is 23.2 Å². The molecule has 2 amide bonds. The summed E-state index contributed by atoms with van der Waals surface area (Å²) < 4.78 is 26.5. The number of benzene rings is 2. The van der Waals surface area contributed by atoms with Crippen molar-refractivity contribution >= 4 is 50.7 Å². The summed E-state index contributed by atoms with van der Waals surface area (Å²) in [6, 6.07) is 9.73. The van der Waals surface area contributed by atoms with Crippen LogP contribution in [0.3, 0.4) is 0 Å². The van der Waals surface area contributed by atoms with Gasteiger partial charge in [0, 0.05) is 35.6 Å². The highest BCUT2D eigenvalue weighted by Crippen LogP contribution is 2.26. The topological polar surface area (TPSA) is 86.8 Å². The van der Waals surface area contributed by atoms with Crippen LogP contribution in [0.25, 0.3) is 0 Å². The van der Waals surface area contributed by atoms with Crippen LogP contribution in [-0.4, -0.2) is 50.0 Å². The third-order valence-electron chi connectivity index (χ3n) is 6.52. The van der Waals surface area contributed by atoms with Crippen molar-refractivity contribution in [1.82, 2.24) is 10.2 Å². The Morgan fingerprint density at radius 1 is 1.08 bits per heavy atom. The second kappa shape index (κ2) is 13.5. The molecule has 0 aromatic heterocycles. The van der Waals surface area contributed by atoms with Crippen LogP contribution in [0, 0.1) is 13.8 Å². The fourth-order valence-corrected chi connectivity index (χ4v) is 5.35. The Balaban J connectivity index is 2.25. The fourth-order valence-electron chi connectivity index (χ4n) is 3.87. The molecule has 2 atom stereocenters. The second-order valence-corrected chi connectivity index (χ2v) is 12.2. The average Bonchev–Trinajstić information content (AvgIpc) is 2.82. The summed E-state index contributed by atoms with van der Waals surface area (Å²) >= 11 is 12.4. The standard InChI is InChI=1S/C27H37Cl2N3O4S/c1-7-19(3)30-27(34)21(5)31(17-22-13-14-23(28)16-24(22)29)26(33)12-9-15-32(37(6,35)36)25-11-8-10-18(2)20(25)4/h8,10-11,13-14,16,19,21H,7,9,12,15,17H2,1-6H3,(H,30,34)/t19-,21-/m0/s1. The molecule has 10 heteroatoms. The van der Waals surface area contributed by atoms with Crippen molar-refractivity contribution in [2.24, 2.45) is 0 Å². The molecule has 2 aromatic carbocycles. The molecular weight excluding hydrogens is 533 g/mol. The van der Waals surface area contributed by atoms with E-state index in [1.165, 1.54) is 9.21 Å². The van der Waals surface area contributed by atoms with Crippen LogP contribution < -0.4 is 9.62 Å². The quantitative estimate of drug-likeness (QED) is 0.366. The SMILES string of the molecule is CC[C@H](C)NC(=O)[C@H](C)N(Cc1ccc(Cl)cc1Cl)C(=O)CCCN(c1cccc(C)c1C)S(C)(=O)=O. The van der Waals surface area contributed by atoms with E-state index in [1.807, 2.05) is 39.8 Å². The van der Waals surface area contributed by atoms with Gasteiger partial charge in [0.15, 0.2) is 0 Å². The van der Waals surface area contributed by atoms with Gasteiger partial charge >= 0.3 is 0 Å². The zero-order valence-corrected chi connectivity index (χ0v) is 24.7. The van der Waals surface area contributed by atoms with E-state index in [4.69, 9.17) is 23.2 Å². The lowest BCUT2D eigenvalue weighted by molar-refractivity contribution is -0.140. The number of aryl methyl sites for hydroxylation is 1. The largest absolute Gasteiger partial charge is 0.352 e. The zero-order chi connectivity index (χ0) is 27.9. The van der Waals surface area contributed by atoms with E-state index in [-0.39, 0.29) is 43.8 Å². The van der Waals surface area contributed by atoms with Crippen LogP contribution in [0.1, 0.15) is 56.7 Å². The summed E-state index contributed by atoms with van der Waals surface area (Å²) in [5, 5.41) is 3.80. The predicted octanol–water partition coefficient (Wildman–Crippen LogP) is 5.49. The molecule has 0 fully saturated rings. The maximum Gasteiger partial charge on any atom is 0.242 e. The number of carbonyl (C=O) groups excluding carboxylic acids is 2.